The third kappa shape index (κ3) is 6.02. The number of amides is 1. The van der Waals surface area contributed by atoms with Gasteiger partial charge in [-0.25, -0.2) is 13.1 Å². The number of hydrogen-bond acceptors (Lipinski definition) is 6. The van der Waals surface area contributed by atoms with Gasteiger partial charge in [0.15, 0.2) is 0 Å². The smallest absolute Gasteiger partial charge is 0.266 e. The van der Waals surface area contributed by atoms with Crippen LogP contribution in [-0.2, 0) is 21.4 Å². The monoisotopic (exact) mass is 622 g/mol. The molecule has 4 aromatic rings. The van der Waals surface area contributed by atoms with Crippen LogP contribution in [-0.4, -0.2) is 50.7 Å². The maximum atomic E-state index is 13.5. The molecule has 0 unspecified atom stereocenters. The first-order chi connectivity index (χ1) is 19.7. The molecule has 11 heteroatoms. The summed E-state index contributed by atoms with van der Waals surface area (Å²) >= 11 is 13.1. The molecule has 210 valence electrons. The van der Waals surface area contributed by atoms with Crippen LogP contribution < -0.4 is 0 Å². The molecule has 1 aliphatic rings. The van der Waals surface area contributed by atoms with Crippen LogP contribution in [0.2, 0.25) is 5.02 Å². The SMILES string of the molecule is CCN(CC)S(=O)(=O)c1cccc(-c2nn(-c3ccccc3)cc2/C=C2\SC(=S)N(Cc3ccccc3Cl)C2=O)c1. The summed E-state index contributed by atoms with van der Waals surface area (Å²) in [7, 11) is -3.68. The highest BCUT2D eigenvalue weighted by molar-refractivity contribution is 8.26. The van der Waals surface area contributed by atoms with Crippen molar-refractivity contribution in [3.05, 3.63) is 106 Å². The van der Waals surface area contributed by atoms with Crippen LogP contribution in [0.5, 0.6) is 0 Å². The van der Waals surface area contributed by atoms with Crippen molar-refractivity contribution >= 4 is 61.9 Å². The highest BCUT2D eigenvalue weighted by Crippen LogP contribution is 2.36. The van der Waals surface area contributed by atoms with Crippen LogP contribution in [0.25, 0.3) is 23.0 Å². The topological polar surface area (TPSA) is 75.5 Å². The van der Waals surface area contributed by atoms with Crippen molar-refractivity contribution in [2.45, 2.75) is 25.3 Å². The lowest BCUT2D eigenvalue weighted by Crippen LogP contribution is -2.30. The molecular formula is C30H27ClN4O3S3. The highest BCUT2D eigenvalue weighted by Gasteiger charge is 2.33. The van der Waals surface area contributed by atoms with Gasteiger partial charge in [-0.3, -0.25) is 9.69 Å². The molecule has 5 rings (SSSR count). The van der Waals surface area contributed by atoms with Gasteiger partial charge in [0.05, 0.1) is 22.0 Å². The zero-order valence-corrected chi connectivity index (χ0v) is 25.6. The molecule has 0 spiro atoms. The summed E-state index contributed by atoms with van der Waals surface area (Å²) in [6, 6.07) is 23.7. The Morgan fingerprint density at radius 1 is 1.00 bits per heavy atom. The summed E-state index contributed by atoms with van der Waals surface area (Å²) in [5.74, 6) is -0.226. The van der Waals surface area contributed by atoms with E-state index < -0.39 is 10.0 Å². The Kier molecular flexibility index (Phi) is 8.77. The van der Waals surface area contributed by atoms with Crippen LogP contribution in [0.1, 0.15) is 25.0 Å². The maximum absolute atomic E-state index is 13.5. The minimum absolute atomic E-state index is 0.185. The molecule has 41 heavy (non-hydrogen) atoms. The van der Waals surface area contributed by atoms with E-state index in [1.54, 1.807) is 35.0 Å². The van der Waals surface area contributed by atoms with E-state index in [0.717, 1.165) is 11.3 Å². The first-order valence-electron chi connectivity index (χ1n) is 13.0. The number of sulfonamides is 1. The predicted molar refractivity (Wildman–Crippen MR) is 169 cm³/mol. The maximum Gasteiger partial charge on any atom is 0.266 e. The first-order valence-corrected chi connectivity index (χ1v) is 16.0. The molecule has 0 radical (unpaired) electrons. The molecule has 0 saturated carbocycles. The third-order valence-corrected chi connectivity index (χ3v) is 10.5. The number of benzene rings is 3. The lowest BCUT2D eigenvalue weighted by atomic mass is 10.1. The Morgan fingerprint density at radius 3 is 2.41 bits per heavy atom. The van der Waals surface area contributed by atoms with Gasteiger partial charge in [-0.15, -0.1) is 0 Å². The molecule has 0 N–H and O–H groups in total. The zero-order chi connectivity index (χ0) is 29.1. The van der Waals surface area contributed by atoms with Gasteiger partial charge in [0.2, 0.25) is 10.0 Å². The summed E-state index contributed by atoms with van der Waals surface area (Å²) in [6.45, 7) is 4.63. The lowest BCUT2D eigenvalue weighted by Gasteiger charge is -2.18. The fraction of sp³-hybridized carbons (Fsp3) is 0.167. The number of aromatic nitrogens is 2. The van der Waals surface area contributed by atoms with Crippen LogP contribution >= 0.6 is 35.6 Å². The van der Waals surface area contributed by atoms with Gasteiger partial charge >= 0.3 is 0 Å². The van der Waals surface area contributed by atoms with Crippen LogP contribution in [0.4, 0.5) is 0 Å². The quantitative estimate of drug-likeness (QED) is 0.154. The number of thiocarbonyl (C=S) groups is 1. The number of rotatable bonds is 9. The highest BCUT2D eigenvalue weighted by atomic mass is 35.5. The van der Waals surface area contributed by atoms with E-state index in [1.165, 1.54) is 21.0 Å². The standard InChI is InChI=1S/C30H27ClN4O3S3/c1-3-33(4-2)41(37,38)25-15-10-12-21(17-25)28-23(20-35(32-28)24-13-6-5-7-14-24)18-27-29(36)34(30(39)40-27)19-22-11-8-9-16-26(22)31/h5-18,20H,3-4,19H2,1-2H3/b27-18-. The number of halogens is 1. The Balaban J connectivity index is 1.57. The largest absolute Gasteiger partial charge is 0.288 e. The number of hydrogen-bond donors (Lipinski definition) is 0. The second-order valence-corrected chi connectivity index (χ2v) is 13.2. The molecule has 1 saturated heterocycles. The predicted octanol–water partition coefficient (Wildman–Crippen LogP) is 6.62. The van der Waals surface area contributed by atoms with E-state index >= 15 is 0 Å². The van der Waals surface area contributed by atoms with E-state index in [9.17, 15) is 13.2 Å². The summed E-state index contributed by atoms with van der Waals surface area (Å²) in [5, 5.41) is 5.39. The van der Waals surface area contributed by atoms with E-state index in [2.05, 4.69) is 0 Å². The number of thioether (sulfide) groups is 1. The van der Waals surface area contributed by atoms with Crippen molar-refractivity contribution in [1.29, 1.82) is 0 Å². The fourth-order valence-corrected chi connectivity index (χ4v) is 7.47. The molecule has 0 bridgehead atoms. The number of carbonyl (C=O) groups excluding carboxylic acids is 1. The van der Waals surface area contributed by atoms with Gasteiger partial charge in [0.1, 0.15) is 10.0 Å². The van der Waals surface area contributed by atoms with Gasteiger partial charge in [-0.05, 0) is 42.0 Å². The molecular weight excluding hydrogens is 596 g/mol. The minimum atomic E-state index is -3.68. The van der Waals surface area contributed by atoms with Gasteiger partial charge in [0, 0.05) is 35.4 Å². The Hall–Kier alpha value is -3.28. The molecule has 0 atom stereocenters. The van der Waals surface area contributed by atoms with E-state index in [1.807, 2.05) is 74.6 Å². The van der Waals surface area contributed by atoms with Crippen molar-refractivity contribution < 1.29 is 13.2 Å². The van der Waals surface area contributed by atoms with Crippen molar-refractivity contribution in [2.75, 3.05) is 13.1 Å². The van der Waals surface area contributed by atoms with Crippen molar-refractivity contribution in [2.24, 2.45) is 0 Å². The molecule has 1 fully saturated rings. The van der Waals surface area contributed by atoms with Crippen molar-refractivity contribution in [3.8, 4) is 16.9 Å². The molecule has 1 amide bonds. The van der Waals surface area contributed by atoms with Gasteiger partial charge in [-0.2, -0.15) is 9.40 Å². The Labute approximate surface area is 254 Å². The molecule has 3 aromatic carbocycles. The zero-order valence-electron chi connectivity index (χ0n) is 22.4. The van der Waals surface area contributed by atoms with Crippen molar-refractivity contribution in [1.82, 2.24) is 19.0 Å². The number of para-hydroxylation sites is 1. The fourth-order valence-electron chi connectivity index (χ4n) is 4.52. The van der Waals surface area contributed by atoms with Crippen molar-refractivity contribution in [3.63, 3.8) is 0 Å². The van der Waals surface area contributed by atoms with E-state index in [4.69, 9.17) is 28.9 Å². The molecule has 1 aliphatic heterocycles. The van der Waals surface area contributed by atoms with E-state index in [-0.39, 0.29) is 17.3 Å². The average molecular weight is 623 g/mol. The first kappa shape index (κ1) is 29.2. The Morgan fingerprint density at radius 2 is 1.71 bits per heavy atom. The summed E-state index contributed by atoms with van der Waals surface area (Å²) in [5.41, 5.74) is 3.44. The van der Waals surface area contributed by atoms with Crippen LogP contribution in [0, 0.1) is 0 Å². The van der Waals surface area contributed by atoms with Crippen LogP contribution in [0.3, 0.4) is 0 Å². The second kappa shape index (κ2) is 12.3. The molecule has 2 heterocycles. The van der Waals surface area contributed by atoms with Gasteiger partial charge in [-0.1, -0.05) is 98.0 Å². The average Bonchev–Trinajstić information content (AvgIpc) is 3.51. The summed E-state index contributed by atoms with van der Waals surface area (Å²) in [4.78, 5) is 15.6. The van der Waals surface area contributed by atoms with E-state index in [0.29, 0.717) is 44.2 Å². The molecule has 1 aromatic heterocycles. The lowest BCUT2D eigenvalue weighted by molar-refractivity contribution is -0.122. The molecule has 7 nitrogen and oxygen atoms in total. The molecule has 0 aliphatic carbocycles. The van der Waals surface area contributed by atoms with Crippen LogP contribution in [0.15, 0.2) is 94.9 Å². The summed E-state index contributed by atoms with van der Waals surface area (Å²) in [6.07, 6.45) is 3.59. The van der Waals surface area contributed by atoms with Gasteiger partial charge in [0.25, 0.3) is 5.91 Å². The number of carbonyl (C=O) groups is 1. The summed E-state index contributed by atoms with van der Waals surface area (Å²) < 4.78 is 30.1. The second-order valence-electron chi connectivity index (χ2n) is 9.19. The number of nitrogens with zero attached hydrogens (tertiary/aromatic N) is 4. The normalized spacial score (nSPS) is 14.9. The van der Waals surface area contributed by atoms with Gasteiger partial charge < -0.3 is 0 Å². The minimum Gasteiger partial charge on any atom is -0.288 e. The Bertz CT molecular complexity index is 1750. The third-order valence-electron chi connectivity index (χ3n) is 6.66.